The van der Waals surface area contributed by atoms with E-state index in [1.54, 1.807) is 35.2 Å². The van der Waals surface area contributed by atoms with Gasteiger partial charge in [-0.25, -0.2) is 13.4 Å². The van der Waals surface area contributed by atoms with Gasteiger partial charge in [0.15, 0.2) is 15.0 Å². The van der Waals surface area contributed by atoms with Crippen LogP contribution in [-0.2, 0) is 19.4 Å². The Balaban J connectivity index is 0.00000306. The number of fused-ring (bicyclic) bond motifs is 1. The zero-order valence-corrected chi connectivity index (χ0v) is 20.9. The Bertz CT molecular complexity index is 1180. The number of morpholine rings is 1. The number of hydrogen-bond donors (Lipinski definition) is 0. The maximum atomic E-state index is 13.2. The van der Waals surface area contributed by atoms with Crippen molar-refractivity contribution in [3.8, 4) is 0 Å². The largest absolute Gasteiger partial charge is 0.379 e. The predicted octanol–water partition coefficient (Wildman–Crippen LogP) is 3.56. The van der Waals surface area contributed by atoms with Crippen molar-refractivity contribution in [2.45, 2.75) is 18.2 Å². The number of hydrogen-bond acceptors (Lipinski definition) is 7. The van der Waals surface area contributed by atoms with Gasteiger partial charge in [0.25, 0.3) is 0 Å². The van der Waals surface area contributed by atoms with Gasteiger partial charge < -0.3 is 4.74 Å². The van der Waals surface area contributed by atoms with E-state index in [1.165, 1.54) is 11.3 Å². The lowest BCUT2D eigenvalue weighted by atomic mass is 10.2. The van der Waals surface area contributed by atoms with Gasteiger partial charge in [-0.05, 0) is 30.7 Å². The first kappa shape index (κ1) is 25.6. The van der Waals surface area contributed by atoms with Gasteiger partial charge in [0.1, 0.15) is 0 Å². The molecule has 1 fully saturated rings. The number of para-hydroxylation sites is 1. The Morgan fingerprint density at radius 1 is 1.12 bits per heavy atom. The summed E-state index contributed by atoms with van der Waals surface area (Å²) >= 11 is 1.47. The van der Waals surface area contributed by atoms with Crippen molar-refractivity contribution in [1.82, 2.24) is 9.88 Å². The molecule has 0 saturated carbocycles. The van der Waals surface area contributed by atoms with Crippen LogP contribution in [0.15, 0.2) is 53.4 Å². The van der Waals surface area contributed by atoms with Crippen molar-refractivity contribution >= 4 is 54.8 Å². The van der Waals surface area contributed by atoms with E-state index in [-0.39, 0.29) is 35.4 Å². The summed E-state index contributed by atoms with van der Waals surface area (Å²) in [5, 5.41) is 0.615. The predicted molar refractivity (Wildman–Crippen MR) is 134 cm³/mol. The number of amides is 1. The van der Waals surface area contributed by atoms with E-state index < -0.39 is 9.84 Å². The van der Waals surface area contributed by atoms with E-state index in [0.29, 0.717) is 31.4 Å². The second-order valence-electron chi connectivity index (χ2n) is 7.80. The molecule has 178 valence electrons. The molecule has 7 nitrogen and oxygen atoms in total. The monoisotopic (exact) mass is 509 g/mol. The average Bonchev–Trinajstić information content (AvgIpc) is 3.24. The molecule has 0 radical (unpaired) electrons. The number of aryl methyl sites for hydroxylation is 1. The summed E-state index contributed by atoms with van der Waals surface area (Å²) < 4.78 is 31.8. The van der Waals surface area contributed by atoms with E-state index in [9.17, 15) is 13.2 Å². The molecule has 1 amide bonds. The van der Waals surface area contributed by atoms with Crippen LogP contribution in [0, 0.1) is 6.92 Å². The molecule has 1 saturated heterocycles. The number of rotatable bonds is 8. The first-order chi connectivity index (χ1) is 15.4. The minimum Gasteiger partial charge on any atom is -0.379 e. The Hall–Kier alpha value is -2.04. The molecule has 0 aliphatic carbocycles. The molecule has 0 atom stereocenters. The van der Waals surface area contributed by atoms with Gasteiger partial charge >= 0.3 is 0 Å². The first-order valence-electron chi connectivity index (χ1n) is 10.7. The molecule has 0 unspecified atom stereocenters. The molecular weight excluding hydrogens is 482 g/mol. The molecule has 1 aliphatic rings. The number of carbonyl (C=O) groups is 1. The van der Waals surface area contributed by atoms with Crippen molar-refractivity contribution < 1.29 is 17.9 Å². The van der Waals surface area contributed by atoms with Gasteiger partial charge in [0.05, 0.1) is 34.1 Å². The third-order valence-corrected chi connectivity index (χ3v) is 8.35. The van der Waals surface area contributed by atoms with Gasteiger partial charge in [-0.2, -0.15) is 0 Å². The number of carbonyl (C=O) groups excluding carboxylic acids is 1. The van der Waals surface area contributed by atoms with Crippen molar-refractivity contribution in [2.75, 3.05) is 50.0 Å². The normalized spacial score (nSPS) is 14.7. The fourth-order valence-corrected chi connectivity index (χ4v) is 6.02. The topological polar surface area (TPSA) is 79.8 Å². The van der Waals surface area contributed by atoms with E-state index in [2.05, 4.69) is 4.90 Å². The second-order valence-corrected chi connectivity index (χ2v) is 10.9. The molecule has 1 aliphatic heterocycles. The van der Waals surface area contributed by atoms with Crippen molar-refractivity contribution in [1.29, 1.82) is 0 Å². The van der Waals surface area contributed by atoms with Crippen LogP contribution in [0.25, 0.3) is 10.2 Å². The Labute approximate surface area is 204 Å². The van der Waals surface area contributed by atoms with Crippen molar-refractivity contribution in [3.63, 3.8) is 0 Å². The summed E-state index contributed by atoms with van der Waals surface area (Å²) in [6, 6.07) is 14.2. The summed E-state index contributed by atoms with van der Waals surface area (Å²) in [6.45, 7) is 6.16. The summed E-state index contributed by atoms with van der Waals surface area (Å²) in [7, 11) is -3.53. The van der Waals surface area contributed by atoms with Gasteiger partial charge in [0.2, 0.25) is 5.91 Å². The zero-order valence-electron chi connectivity index (χ0n) is 18.5. The molecular formula is C23H28ClN3O4S2. The lowest BCUT2D eigenvalue weighted by Gasteiger charge is -2.29. The van der Waals surface area contributed by atoms with E-state index in [4.69, 9.17) is 9.72 Å². The fourth-order valence-electron chi connectivity index (χ4n) is 3.69. The second kappa shape index (κ2) is 11.4. The molecule has 4 rings (SSSR count). The third kappa shape index (κ3) is 6.30. The van der Waals surface area contributed by atoms with E-state index in [0.717, 1.165) is 28.9 Å². The number of thiazole rings is 1. The summed E-state index contributed by atoms with van der Waals surface area (Å²) in [5.74, 6) is -0.456. The number of benzene rings is 2. The third-order valence-electron chi connectivity index (χ3n) is 5.57. The number of aromatic nitrogens is 1. The van der Waals surface area contributed by atoms with Gasteiger partial charge in [-0.1, -0.05) is 41.7 Å². The minimum absolute atomic E-state index is 0. The van der Waals surface area contributed by atoms with Crippen molar-refractivity contribution in [3.05, 3.63) is 54.1 Å². The van der Waals surface area contributed by atoms with Crippen LogP contribution in [0.4, 0.5) is 5.13 Å². The average molecular weight is 510 g/mol. The molecule has 1 aromatic heterocycles. The maximum Gasteiger partial charge on any atom is 0.229 e. The van der Waals surface area contributed by atoms with E-state index >= 15 is 0 Å². The molecule has 2 heterocycles. The Morgan fingerprint density at radius 2 is 1.85 bits per heavy atom. The molecule has 10 heteroatoms. The summed E-state index contributed by atoms with van der Waals surface area (Å²) in [6.07, 6.45) is -0.0880. The van der Waals surface area contributed by atoms with Crippen LogP contribution >= 0.6 is 23.7 Å². The van der Waals surface area contributed by atoms with Gasteiger partial charge in [-0.3, -0.25) is 14.6 Å². The van der Waals surface area contributed by atoms with Crippen LogP contribution in [0.5, 0.6) is 0 Å². The highest BCUT2D eigenvalue weighted by molar-refractivity contribution is 7.91. The van der Waals surface area contributed by atoms with Gasteiger partial charge in [-0.15, -0.1) is 12.4 Å². The number of ether oxygens (including phenoxy) is 1. The summed E-state index contributed by atoms with van der Waals surface area (Å²) in [4.78, 5) is 22.1. The Kier molecular flexibility index (Phi) is 8.83. The molecule has 0 N–H and O–H groups in total. The minimum atomic E-state index is -3.53. The molecule has 0 spiro atoms. The number of anilines is 1. The molecule has 3 aromatic rings. The van der Waals surface area contributed by atoms with Crippen LogP contribution < -0.4 is 4.90 Å². The molecule has 33 heavy (non-hydrogen) atoms. The van der Waals surface area contributed by atoms with Crippen LogP contribution in [0.2, 0.25) is 0 Å². The highest BCUT2D eigenvalue weighted by Crippen LogP contribution is 2.31. The van der Waals surface area contributed by atoms with Crippen LogP contribution in [0.1, 0.15) is 12.0 Å². The molecule has 2 aromatic carbocycles. The van der Waals surface area contributed by atoms with Crippen LogP contribution in [0.3, 0.4) is 0 Å². The van der Waals surface area contributed by atoms with Gasteiger partial charge in [0, 0.05) is 32.6 Å². The SMILES string of the molecule is Cc1cccc2sc(N(CCN3CCOCC3)C(=O)CCS(=O)(=O)c3ccccc3)nc12.Cl. The fraction of sp³-hybridized carbons (Fsp3) is 0.391. The Morgan fingerprint density at radius 3 is 2.55 bits per heavy atom. The smallest absolute Gasteiger partial charge is 0.229 e. The highest BCUT2D eigenvalue weighted by atomic mass is 35.5. The number of halogens is 1. The maximum absolute atomic E-state index is 13.2. The number of nitrogens with zero attached hydrogens (tertiary/aromatic N) is 3. The van der Waals surface area contributed by atoms with Crippen LogP contribution in [-0.4, -0.2) is 69.4 Å². The highest BCUT2D eigenvalue weighted by Gasteiger charge is 2.24. The molecule has 0 bridgehead atoms. The summed E-state index contributed by atoms with van der Waals surface area (Å²) in [5.41, 5.74) is 1.94. The van der Waals surface area contributed by atoms with E-state index in [1.807, 2.05) is 25.1 Å². The standard InChI is InChI=1S/C23H27N3O4S2.ClH/c1-18-6-5-9-20-22(18)24-23(31-20)26(12-11-25-13-15-30-16-14-25)21(27)10-17-32(28,29)19-7-3-2-4-8-19;/h2-9H,10-17H2,1H3;1H. The zero-order chi connectivity index (χ0) is 22.6. The first-order valence-corrected chi connectivity index (χ1v) is 13.2. The number of sulfone groups is 1. The lowest BCUT2D eigenvalue weighted by molar-refractivity contribution is -0.118. The quantitative estimate of drug-likeness (QED) is 0.462. The lowest BCUT2D eigenvalue weighted by Crippen LogP contribution is -2.43. The van der Waals surface area contributed by atoms with Crippen molar-refractivity contribution in [2.24, 2.45) is 0 Å².